The standard InChI is InChI=1S/C17H21NO2S/c1-12-7-8-13(2)16(9-12)17(18)11-21(19)15-6-4-5-14(10-15)20-3/h4-10,17H,11,18H2,1-3H3. The van der Waals surface area contributed by atoms with Gasteiger partial charge in [-0.05, 0) is 43.2 Å². The van der Waals surface area contributed by atoms with Crippen molar-refractivity contribution in [3.8, 4) is 5.75 Å². The van der Waals surface area contributed by atoms with E-state index in [0.29, 0.717) is 11.5 Å². The van der Waals surface area contributed by atoms with Crippen molar-refractivity contribution in [3.63, 3.8) is 0 Å². The third-order valence-corrected chi connectivity index (χ3v) is 4.91. The van der Waals surface area contributed by atoms with Crippen molar-refractivity contribution >= 4 is 10.8 Å². The Morgan fingerprint density at radius 1 is 1.19 bits per heavy atom. The smallest absolute Gasteiger partial charge is 0.120 e. The molecule has 0 heterocycles. The first-order valence-corrected chi connectivity index (χ1v) is 8.18. The number of ether oxygens (including phenoxy) is 1. The van der Waals surface area contributed by atoms with Crippen LogP contribution in [0.2, 0.25) is 0 Å². The Bertz CT molecular complexity index is 655. The first-order chi connectivity index (χ1) is 10.0. The lowest BCUT2D eigenvalue weighted by Gasteiger charge is -2.15. The lowest BCUT2D eigenvalue weighted by atomic mass is 10.0. The highest BCUT2D eigenvalue weighted by Crippen LogP contribution is 2.22. The van der Waals surface area contributed by atoms with Gasteiger partial charge < -0.3 is 10.5 Å². The van der Waals surface area contributed by atoms with Crippen LogP contribution in [0.25, 0.3) is 0 Å². The molecule has 2 aromatic carbocycles. The minimum atomic E-state index is -1.15. The van der Waals surface area contributed by atoms with Crippen molar-refractivity contribution < 1.29 is 8.95 Å². The summed E-state index contributed by atoms with van der Waals surface area (Å²) in [4.78, 5) is 0.745. The fourth-order valence-electron chi connectivity index (χ4n) is 2.25. The molecule has 21 heavy (non-hydrogen) atoms. The second kappa shape index (κ2) is 6.87. The van der Waals surface area contributed by atoms with E-state index in [1.165, 1.54) is 5.56 Å². The monoisotopic (exact) mass is 303 g/mol. The second-order valence-corrected chi connectivity index (χ2v) is 6.65. The summed E-state index contributed by atoms with van der Waals surface area (Å²) in [6.07, 6.45) is 0. The summed E-state index contributed by atoms with van der Waals surface area (Å²) in [5.74, 6) is 1.11. The number of nitrogens with two attached hydrogens (primary N) is 1. The van der Waals surface area contributed by atoms with Crippen LogP contribution in [-0.4, -0.2) is 17.1 Å². The Balaban J connectivity index is 2.16. The highest BCUT2D eigenvalue weighted by atomic mass is 32.2. The van der Waals surface area contributed by atoms with Gasteiger partial charge >= 0.3 is 0 Å². The van der Waals surface area contributed by atoms with Crippen LogP contribution in [0.3, 0.4) is 0 Å². The molecule has 0 fully saturated rings. The maximum absolute atomic E-state index is 12.5. The zero-order valence-electron chi connectivity index (χ0n) is 12.6. The number of hydrogen-bond acceptors (Lipinski definition) is 3. The van der Waals surface area contributed by atoms with Crippen molar-refractivity contribution in [2.75, 3.05) is 12.9 Å². The van der Waals surface area contributed by atoms with E-state index >= 15 is 0 Å². The highest BCUT2D eigenvalue weighted by molar-refractivity contribution is 7.85. The molecule has 0 aromatic heterocycles. The molecule has 0 amide bonds. The molecule has 2 aromatic rings. The molecule has 0 aliphatic carbocycles. The summed E-state index contributed by atoms with van der Waals surface area (Å²) < 4.78 is 17.6. The molecule has 0 aliphatic heterocycles. The second-order valence-electron chi connectivity index (χ2n) is 5.16. The van der Waals surface area contributed by atoms with Gasteiger partial charge in [0.1, 0.15) is 5.75 Å². The average Bonchev–Trinajstić information content (AvgIpc) is 2.49. The van der Waals surface area contributed by atoms with E-state index in [-0.39, 0.29) is 6.04 Å². The predicted octanol–water partition coefficient (Wildman–Crippen LogP) is 3.12. The van der Waals surface area contributed by atoms with E-state index in [2.05, 4.69) is 18.2 Å². The van der Waals surface area contributed by atoms with Gasteiger partial charge in [0, 0.05) is 16.7 Å². The van der Waals surface area contributed by atoms with E-state index in [0.717, 1.165) is 16.0 Å². The number of methoxy groups -OCH3 is 1. The molecule has 2 N–H and O–H groups in total. The van der Waals surface area contributed by atoms with Crippen LogP contribution in [0.1, 0.15) is 22.7 Å². The molecule has 112 valence electrons. The van der Waals surface area contributed by atoms with Gasteiger partial charge in [-0.2, -0.15) is 0 Å². The fourth-order valence-corrected chi connectivity index (χ4v) is 3.43. The quantitative estimate of drug-likeness (QED) is 0.923. The van der Waals surface area contributed by atoms with Crippen LogP contribution in [0, 0.1) is 13.8 Å². The highest BCUT2D eigenvalue weighted by Gasteiger charge is 2.14. The van der Waals surface area contributed by atoms with E-state index in [1.54, 1.807) is 13.2 Å². The minimum absolute atomic E-state index is 0.239. The van der Waals surface area contributed by atoms with Gasteiger partial charge in [-0.25, -0.2) is 0 Å². The van der Waals surface area contributed by atoms with Crippen molar-refractivity contribution in [2.45, 2.75) is 24.8 Å². The predicted molar refractivity (Wildman–Crippen MR) is 87.1 cm³/mol. The van der Waals surface area contributed by atoms with Crippen LogP contribution >= 0.6 is 0 Å². The lowest BCUT2D eigenvalue weighted by molar-refractivity contribution is 0.413. The summed E-state index contributed by atoms with van der Waals surface area (Å²) in [5, 5.41) is 0. The van der Waals surface area contributed by atoms with Crippen LogP contribution in [0.4, 0.5) is 0 Å². The van der Waals surface area contributed by atoms with Gasteiger partial charge in [-0.1, -0.05) is 29.8 Å². The molecule has 0 saturated heterocycles. The molecule has 2 unspecified atom stereocenters. The zero-order valence-corrected chi connectivity index (χ0v) is 13.4. The van der Waals surface area contributed by atoms with Gasteiger partial charge in [0.25, 0.3) is 0 Å². The average molecular weight is 303 g/mol. The minimum Gasteiger partial charge on any atom is -0.497 e. The number of benzene rings is 2. The van der Waals surface area contributed by atoms with Crippen LogP contribution in [0.15, 0.2) is 47.4 Å². The molecular formula is C17H21NO2S. The Morgan fingerprint density at radius 3 is 2.67 bits per heavy atom. The van der Waals surface area contributed by atoms with Gasteiger partial charge in [0.15, 0.2) is 0 Å². The van der Waals surface area contributed by atoms with Crippen molar-refractivity contribution in [1.29, 1.82) is 0 Å². The summed E-state index contributed by atoms with van der Waals surface area (Å²) in [7, 11) is 0.455. The van der Waals surface area contributed by atoms with Crippen LogP contribution in [0.5, 0.6) is 5.75 Å². The van der Waals surface area contributed by atoms with E-state index < -0.39 is 10.8 Å². The van der Waals surface area contributed by atoms with Crippen molar-refractivity contribution in [2.24, 2.45) is 5.73 Å². The third-order valence-electron chi connectivity index (χ3n) is 3.47. The molecule has 0 bridgehead atoms. The molecule has 4 heteroatoms. The molecule has 0 spiro atoms. The number of aryl methyl sites for hydroxylation is 2. The number of rotatable bonds is 5. The Hall–Kier alpha value is -1.65. The van der Waals surface area contributed by atoms with Crippen molar-refractivity contribution in [3.05, 3.63) is 59.2 Å². The van der Waals surface area contributed by atoms with Gasteiger partial charge in [0.05, 0.1) is 17.9 Å². The zero-order chi connectivity index (χ0) is 15.4. The molecule has 0 aliphatic rings. The van der Waals surface area contributed by atoms with Crippen molar-refractivity contribution in [1.82, 2.24) is 0 Å². The fraction of sp³-hybridized carbons (Fsp3) is 0.294. The first-order valence-electron chi connectivity index (χ1n) is 6.86. The molecule has 0 saturated carbocycles. The molecule has 0 radical (unpaired) electrons. The van der Waals surface area contributed by atoms with Gasteiger partial charge in [-0.15, -0.1) is 0 Å². The summed E-state index contributed by atoms with van der Waals surface area (Å²) >= 11 is 0. The van der Waals surface area contributed by atoms with E-state index in [1.807, 2.05) is 32.0 Å². The maximum atomic E-state index is 12.5. The SMILES string of the molecule is COc1cccc(S(=O)CC(N)c2cc(C)ccc2C)c1. The normalized spacial score (nSPS) is 13.7. The molecular weight excluding hydrogens is 282 g/mol. The molecule has 3 nitrogen and oxygen atoms in total. The molecule has 2 rings (SSSR count). The summed E-state index contributed by atoms with van der Waals surface area (Å²) in [5.41, 5.74) is 9.61. The van der Waals surface area contributed by atoms with Crippen LogP contribution in [-0.2, 0) is 10.8 Å². The van der Waals surface area contributed by atoms with E-state index in [9.17, 15) is 4.21 Å². The first kappa shape index (κ1) is 15.7. The number of hydrogen-bond donors (Lipinski definition) is 1. The summed E-state index contributed by atoms with van der Waals surface area (Å²) in [6.45, 7) is 4.07. The lowest BCUT2D eigenvalue weighted by Crippen LogP contribution is -2.19. The Labute approximate surface area is 128 Å². The van der Waals surface area contributed by atoms with Gasteiger partial charge in [-0.3, -0.25) is 4.21 Å². The maximum Gasteiger partial charge on any atom is 0.120 e. The largest absolute Gasteiger partial charge is 0.497 e. The Kier molecular flexibility index (Phi) is 5.15. The topological polar surface area (TPSA) is 52.3 Å². The van der Waals surface area contributed by atoms with Crippen LogP contribution < -0.4 is 10.5 Å². The Morgan fingerprint density at radius 2 is 1.95 bits per heavy atom. The van der Waals surface area contributed by atoms with Gasteiger partial charge in [0.2, 0.25) is 0 Å². The molecule has 2 atom stereocenters. The third kappa shape index (κ3) is 3.93. The van der Waals surface area contributed by atoms with E-state index in [4.69, 9.17) is 10.5 Å². The summed E-state index contributed by atoms with van der Waals surface area (Å²) in [6, 6.07) is 13.3.